The molecule has 1 amide bonds. The predicted octanol–water partition coefficient (Wildman–Crippen LogP) is 1.94. The number of aromatic nitrogens is 1. The Labute approximate surface area is 112 Å². The van der Waals surface area contributed by atoms with Crippen LogP contribution in [0.15, 0.2) is 42.7 Å². The Hall–Kier alpha value is -2.36. The Bertz CT molecular complexity index is 589. The molecule has 0 saturated heterocycles. The predicted molar refractivity (Wildman–Crippen MR) is 72.8 cm³/mol. The second-order valence-electron chi connectivity index (χ2n) is 4.55. The van der Waals surface area contributed by atoms with Gasteiger partial charge in [0.05, 0.1) is 0 Å². The molecule has 4 nitrogen and oxygen atoms in total. The van der Waals surface area contributed by atoms with Gasteiger partial charge in [-0.2, -0.15) is 4.57 Å². The lowest BCUT2D eigenvalue weighted by Gasteiger charge is -2.10. The van der Waals surface area contributed by atoms with Gasteiger partial charge in [-0.15, -0.1) is 0 Å². The lowest BCUT2D eigenvalue weighted by molar-refractivity contribution is -0.684. The highest BCUT2D eigenvalue weighted by molar-refractivity contribution is 5.91. The minimum Gasteiger partial charge on any atom is -0.503 e. The first kappa shape index (κ1) is 13.1. The minimum atomic E-state index is -0.118. The molecule has 0 unspecified atom stereocenters. The van der Waals surface area contributed by atoms with E-state index in [2.05, 4.69) is 5.32 Å². The maximum absolute atomic E-state index is 12.0. The van der Waals surface area contributed by atoms with Gasteiger partial charge >= 0.3 is 0 Å². The molecule has 0 fully saturated rings. The molecule has 0 aliphatic rings. The number of nitrogens with zero attached hydrogens (tertiary/aromatic N) is 1. The van der Waals surface area contributed by atoms with Gasteiger partial charge in [-0.05, 0) is 31.0 Å². The first-order valence-corrected chi connectivity index (χ1v) is 6.10. The zero-order chi connectivity index (χ0) is 13.8. The Kier molecular flexibility index (Phi) is 3.80. The van der Waals surface area contributed by atoms with Crippen LogP contribution >= 0.6 is 0 Å². The number of carbonyl (C=O) groups excluding carboxylic acids is 1. The number of hydrogen-bond donors (Lipinski definition) is 2. The van der Waals surface area contributed by atoms with Crippen molar-refractivity contribution in [2.24, 2.45) is 0 Å². The number of pyridine rings is 1. The number of nitrogens with one attached hydrogen (secondary N) is 1. The standard InChI is InChI=1S/C15H16N2O2/c1-11-5-3-6-12(2)15(11)16-14(19)10-17-8-4-7-13(18)9-17/h3-9H,10H2,1-2H3,(H-,16,18,19)/p+1. The van der Waals surface area contributed by atoms with E-state index in [0.29, 0.717) is 0 Å². The van der Waals surface area contributed by atoms with E-state index in [-0.39, 0.29) is 18.2 Å². The van der Waals surface area contributed by atoms with Crippen LogP contribution in [0.4, 0.5) is 5.69 Å². The number of para-hydroxylation sites is 1. The summed E-state index contributed by atoms with van der Waals surface area (Å²) in [6, 6.07) is 9.15. The van der Waals surface area contributed by atoms with Gasteiger partial charge in [0.25, 0.3) is 5.91 Å². The summed E-state index contributed by atoms with van der Waals surface area (Å²) in [5.74, 6) is 0.0235. The summed E-state index contributed by atoms with van der Waals surface area (Å²) in [5.41, 5.74) is 2.93. The lowest BCUT2D eigenvalue weighted by atomic mass is 10.1. The summed E-state index contributed by atoms with van der Waals surface area (Å²) in [4.78, 5) is 12.0. The number of rotatable bonds is 3. The summed E-state index contributed by atoms with van der Waals surface area (Å²) in [6.07, 6.45) is 3.26. The fourth-order valence-electron chi connectivity index (χ4n) is 1.96. The number of aryl methyl sites for hydroxylation is 2. The quantitative estimate of drug-likeness (QED) is 0.826. The van der Waals surface area contributed by atoms with Crippen LogP contribution in [0.3, 0.4) is 0 Å². The third kappa shape index (κ3) is 3.31. The second-order valence-corrected chi connectivity index (χ2v) is 4.55. The van der Waals surface area contributed by atoms with Gasteiger partial charge in [0.2, 0.25) is 12.7 Å². The van der Waals surface area contributed by atoms with Crippen LogP contribution in [0.25, 0.3) is 0 Å². The Morgan fingerprint density at radius 2 is 1.89 bits per heavy atom. The van der Waals surface area contributed by atoms with Crippen LogP contribution in [-0.2, 0) is 11.3 Å². The van der Waals surface area contributed by atoms with Gasteiger partial charge in [-0.1, -0.05) is 18.2 Å². The fourth-order valence-corrected chi connectivity index (χ4v) is 1.96. The average molecular weight is 257 g/mol. The smallest absolute Gasteiger partial charge is 0.290 e. The van der Waals surface area contributed by atoms with Crippen molar-refractivity contribution >= 4 is 11.6 Å². The summed E-state index contributed by atoms with van der Waals surface area (Å²) in [6.45, 7) is 4.09. The molecule has 0 radical (unpaired) electrons. The van der Waals surface area contributed by atoms with Crippen molar-refractivity contribution in [2.75, 3.05) is 5.32 Å². The number of hydrogen-bond acceptors (Lipinski definition) is 2. The summed E-state index contributed by atoms with van der Waals surface area (Å²) in [7, 11) is 0. The Morgan fingerprint density at radius 1 is 1.21 bits per heavy atom. The maximum atomic E-state index is 12.0. The lowest BCUT2D eigenvalue weighted by Crippen LogP contribution is -2.39. The highest BCUT2D eigenvalue weighted by Gasteiger charge is 2.12. The van der Waals surface area contributed by atoms with Crippen molar-refractivity contribution in [3.8, 4) is 5.75 Å². The summed E-state index contributed by atoms with van der Waals surface area (Å²) in [5, 5.41) is 12.3. The Balaban J connectivity index is 2.10. The van der Waals surface area contributed by atoms with E-state index in [1.165, 1.54) is 6.20 Å². The molecule has 0 atom stereocenters. The van der Waals surface area contributed by atoms with Gasteiger partial charge in [0.1, 0.15) is 0 Å². The SMILES string of the molecule is Cc1cccc(C)c1NC(=O)C[n+]1cccc(O)c1. The normalized spacial score (nSPS) is 10.2. The van der Waals surface area contributed by atoms with Gasteiger partial charge in [-0.3, -0.25) is 4.79 Å². The van der Waals surface area contributed by atoms with Crippen LogP contribution in [0.1, 0.15) is 11.1 Å². The third-order valence-electron chi connectivity index (χ3n) is 2.91. The zero-order valence-electron chi connectivity index (χ0n) is 11.1. The minimum absolute atomic E-state index is 0.118. The molecule has 1 heterocycles. The largest absolute Gasteiger partial charge is 0.503 e. The van der Waals surface area contributed by atoms with E-state index >= 15 is 0 Å². The molecule has 1 aromatic heterocycles. The van der Waals surface area contributed by atoms with E-state index < -0.39 is 0 Å². The van der Waals surface area contributed by atoms with E-state index in [4.69, 9.17) is 0 Å². The number of anilines is 1. The molecule has 0 saturated carbocycles. The number of benzene rings is 1. The van der Waals surface area contributed by atoms with Crippen molar-refractivity contribution < 1.29 is 14.5 Å². The molecule has 2 aromatic rings. The van der Waals surface area contributed by atoms with Gasteiger partial charge in [0, 0.05) is 11.8 Å². The van der Waals surface area contributed by atoms with Crippen LogP contribution in [-0.4, -0.2) is 11.0 Å². The topological polar surface area (TPSA) is 53.2 Å². The number of carbonyl (C=O) groups is 1. The monoisotopic (exact) mass is 257 g/mol. The molecule has 1 aromatic carbocycles. The van der Waals surface area contributed by atoms with Gasteiger partial charge in [0.15, 0.2) is 11.9 Å². The van der Waals surface area contributed by atoms with Crippen molar-refractivity contribution in [3.63, 3.8) is 0 Å². The highest BCUT2D eigenvalue weighted by Crippen LogP contribution is 2.19. The molecular formula is C15H17N2O2+. The van der Waals surface area contributed by atoms with Crippen LogP contribution < -0.4 is 9.88 Å². The first-order valence-electron chi connectivity index (χ1n) is 6.10. The molecule has 98 valence electrons. The number of aromatic hydroxyl groups is 1. The highest BCUT2D eigenvalue weighted by atomic mass is 16.3. The molecule has 2 N–H and O–H groups in total. The van der Waals surface area contributed by atoms with Gasteiger partial charge < -0.3 is 10.4 Å². The van der Waals surface area contributed by atoms with Crippen molar-refractivity contribution in [1.29, 1.82) is 0 Å². The third-order valence-corrected chi connectivity index (χ3v) is 2.91. The van der Waals surface area contributed by atoms with E-state index in [9.17, 15) is 9.90 Å². The van der Waals surface area contributed by atoms with Crippen LogP contribution in [0.2, 0.25) is 0 Å². The molecule has 4 heteroatoms. The fraction of sp³-hybridized carbons (Fsp3) is 0.200. The molecule has 0 spiro atoms. The molecule has 2 rings (SSSR count). The van der Waals surface area contributed by atoms with Crippen molar-refractivity contribution in [2.45, 2.75) is 20.4 Å². The molecule has 0 aliphatic carbocycles. The van der Waals surface area contributed by atoms with Crippen molar-refractivity contribution in [3.05, 3.63) is 53.9 Å². The van der Waals surface area contributed by atoms with Crippen molar-refractivity contribution in [1.82, 2.24) is 0 Å². The van der Waals surface area contributed by atoms with Gasteiger partial charge in [-0.25, -0.2) is 0 Å². The van der Waals surface area contributed by atoms with E-state index in [1.54, 1.807) is 22.9 Å². The second kappa shape index (κ2) is 5.52. The van der Waals surface area contributed by atoms with E-state index in [0.717, 1.165) is 16.8 Å². The van der Waals surface area contributed by atoms with Crippen LogP contribution in [0.5, 0.6) is 5.75 Å². The van der Waals surface area contributed by atoms with Crippen LogP contribution in [0, 0.1) is 13.8 Å². The summed E-state index contributed by atoms with van der Waals surface area (Å²) >= 11 is 0. The zero-order valence-corrected chi connectivity index (χ0v) is 11.1. The average Bonchev–Trinajstić information content (AvgIpc) is 2.34. The van der Waals surface area contributed by atoms with E-state index in [1.807, 2.05) is 32.0 Å². The molecule has 0 bridgehead atoms. The first-order chi connectivity index (χ1) is 9.06. The number of amides is 1. The summed E-state index contributed by atoms with van der Waals surface area (Å²) < 4.78 is 1.64. The Morgan fingerprint density at radius 3 is 2.53 bits per heavy atom. The molecular weight excluding hydrogens is 240 g/mol. The molecule has 0 aliphatic heterocycles. The molecule has 19 heavy (non-hydrogen) atoms. The maximum Gasteiger partial charge on any atom is 0.290 e.